The molecule has 1 aliphatic rings. The van der Waals surface area contributed by atoms with Crippen molar-refractivity contribution in [1.82, 2.24) is 3.96 Å². The number of unbranched alkanes of at least 4 members (excludes halogenated alkanes) is 1. The normalized spacial score (nSPS) is 14.7. The molecule has 0 spiro atoms. The minimum Gasteiger partial charge on any atom is -0.494 e. The zero-order chi connectivity index (χ0) is 18.5. The molecule has 0 N–H and O–H groups in total. The van der Waals surface area contributed by atoms with Gasteiger partial charge in [-0.15, -0.1) is 0 Å². The number of rotatable bonds is 8. The van der Waals surface area contributed by atoms with Crippen LogP contribution in [0.2, 0.25) is 0 Å². The maximum Gasteiger partial charge on any atom is 0.268 e. The van der Waals surface area contributed by atoms with Crippen LogP contribution in [-0.2, 0) is 0 Å². The number of hydrogen-bond donors (Lipinski definition) is 0. The molecule has 1 aromatic heterocycles. The lowest BCUT2D eigenvalue weighted by molar-refractivity contribution is 0.266. The van der Waals surface area contributed by atoms with Crippen LogP contribution in [0.5, 0.6) is 11.5 Å². The minimum atomic E-state index is 0.159. The molecule has 1 heterocycles. The number of hydrogen-bond acceptors (Lipinski definition) is 4. The average molecular weight is 384 g/mol. The van der Waals surface area contributed by atoms with Crippen molar-refractivity contribution < 1.29 is 9.47 Å². The number of aromatic nitrogens is 1. The Morgan fingerprint density at radius 1 is 0.926 bits per heavy atom. The van der Waals surface area contributed by atoms with Crippen molar-refractivity contribution >= 4 is 21.6 Å². The van der Waals surface area contributed by atoms with Crippen LogP contribution in [0.3, 0.4) is 0 Å². The van der Waals surface area contributed by atoms with Gasteiger partial charge >= 0.3 is 0 Å². The van der Waals surface area contributed by atoms with Crippen LogP contribution >= 0.6 is 11.5 Å². The fourth-order valence-corrected chi connectivity index (χ4v) is 4.77. The summed E-state index contributed by atoms with van der Waals surface area (Å²) < 4.78 is 14.6. The summed E-state index contributed by atoms with van der Waals surface area (Å²) in [6.07, 6.45) is 6.59. The molecule has 0 unspecified atom stereocenters. The van der Waals surface area contributed by atoms with Crippen molar-refractivity contribution in [3.8, 4) is 11.5 Å². The van der Waals surface area contributed by atoms with Gasteiger partial charge in [0, 0.05) is 6.04 Å². The van der Waals surface area contributed by atoms with E-state index in [1.165, 1.54) is 12.8 Å². The number of benzene rings is 2. The van der Waals surface area contributed by atoms with E-state index in [-0.39, 0.29) is 5.56 Å². The largest absolute Gasteiger partial charge is 0.494 e. The van der Waals surface area contributed by atoms with Crippen LogP contribution in [0.1, 0.15) is 44.6 Å². The maximum absolute atomic E-state index is 12.6. The molecule has 0 bridgehead atoms. The van der Waals surface area contributed by atoms with E-state index in [0.717, 1.165) is 47.3 Å². The Hall–Kier alpha value is -2.27. The molecule has 1 aliphatic carbocycles. The van der Waals surface area contributed by atoms with E-state index in [9.17, 15) is 4.79 Å². The van der Waals surface area contributed by atoms with Crippen LogP contribution in [0, 0.1) is 0 Å². The highest BCUT2D eigenvalue weighted by atomic mass is 32.1. The van der Waals surface area contributed by atoms with E-state index in [0.29, 0.717) is 19.3 Å². The van der Waals surface area contributed by atoms with E-state index in [1.54, 1.807) is 11.5 Å². The van der Waals surface area contributed by atoms with Crippen molar-refractivity contribution in [3.63, 3.8) is 0 Å². The average Bonchev–Trinajstić information content (AvgIpc) is 3.33. The Morgan fingerprint density at radius 3 is 2.37 bits per heavy atom. The van der Waals surface area contributed by atoms with Crippen molar-refractivity contribution in [2.45, 2.75) is 44.6 Å². The topological polar surface area (TPSA) is 40.5 Å². The zero-order valence-corrected chi connectivity index (χ0v) is 16.2. The summed E-state index contributed by atoms with van der Waals surface area (Å²) >= 11 is 1.58. The van der Waals surface area contributed by atoms with Gasteiger partial charge in [0.05, 0.1) is 23.3 Å². The monoisotopic (exact) mass is 383 g/mol. The molecule has 0 saturated heterocycles. The van der Waals surface area contributed by atoms with Crippen molar-refractivity contribution in [2.75, 3.05) is 13.2 Å². The molecule has 4 rings (SSSR count). The smallest absolute Gasteiger partial charge is 0.268 e. The number of fused-ring (bicyclic) bond motifs is 1. The summed E-state index contributed by atoms with van der Waals surface area (Å²) in [4.78, 5) is 12.6. The summed E-state index contributed by atoms with van der Waals surface area (Å²) in [7, 11) is 0. The Balaban J connectivity index is 1.28. The van der Waals surface area contributed by atoms with Gasteiger partial charge in [0.2, 0.25) is 0 Å². The van der Waals surface area contributed by atoms with Gasteiger partial charge in [0.25, 0.3) is 5.56 Å². The lowest BCUT2D eigenvalue weighted by Crippen LogP contribution is -2.16. The lowest BCUT2D eigenvalue weighted by atomic mass is 10.2. The summed E-state index contributed by atoms with van der Waals surface area (Å²) in [5.41, 5.74) is 0.159. The van der Waals surface area contributed by atoms with Gasteiger partial charge in [-0.05, 0) is 56.0 Å². The third-order valence-electron chi connectivity index (χ3n) is 5.06. The molecule has 0 atom stereocenters. The first-order valence-electron chi connectivity index (χ1n) is 9.77. The first kappa shape index (κ1) is 18.1. The highest BCUT2D eigenvalue weighted by Crippen LogP contribution is 2.32. The first-order chi connectivity index (χ1) is 13.3. The summed E-state index contributed by atoms with van der Waals surface area (Å²) in [6.45, 7) is 1.35. The summed E-state index contributed by atoms with van der Waals surface area (Å²) in [5.74, 6) is 1.75. The summed E-state index contributed by atoms with van der Waals surface area (Å²) in [6, 6.07) is 16.1. The minimum absolute atomic E-state index is 0.159. The predicted molar refractivity (Wildman–Crippen MR) is 110 cm³/mol. The molecule has 27 heavy (non-hydrogen) atoms. The highest BCUT2D eigenvalue weighted by Gasteiger charge is 2.21. The highest BCUT2D eigenvalue weighted by molar-refractivity contribution is 7.13. The molecule has 0 radical (unpaired) electrons. The van der Waals surface area contributed by atoms with E-state index in [4.69, 9.17) is 9.47 Å². The molecule has 2 aromatic carbocycles. The molecule has 0 aliphatic heterocycles. The Morgan fingerprint density at radius 2 is 1.63 bits per heavy atom. The van der Waals surface area contributed by atoms with Gasteiger partial charge in [-0.25, -0.2) is 0 Å². The molecular weight excluding hydrogens is 358 g/mol. The molecule has 3 aromatic rings. The standard InChI is InChI=1S/C22H25NO3S/c24-22-20-13-12-19(16-21(20)27-23(22)17-8-4-5-9-17)26-15-7-6-14-25-18-10-2-1-3-11-18/h1-3,10-13,16-17H,4-9,14-15H2. The Bertz CT molecular complexity index is 926. The van der Waals surface area contributed by atoms with Gasteiger partial charge in [0.1, 0.15) is 11.5 Å². The van der Waals surface area contributed by atoms with Crippen molar-refractivity contribution in [3.05, 3.63) is 58.9 Å². The fourth-order valence-electron chi connectivity index (χ4n) is 3.59. The Labute approximate surface area is 163 Å². The van der Waals surface area contributed by atoms with Crippen LogP contribution in [0.25, 0.3) is 10.1 Å². The number of para-hydroxylation sites is 1. The number of nitrogens with zero attached hydrogens (tertiary/aromatic N) is 1. The van der Waals surface area contributed by atoms with Gasteiger partial charge in [-0.2, -0.15) is 0 Å². The molecule has 4 nitrogen and oxygen atoms in total. The Kier molecular flexibility index (Phi) is 5.78. The molecule has 0 amide bonds. The maximum atomic E-state index is 12.6. The zero-order valence-electron chi connectivity index (χ0n) is 15.4. The molecule has 142 valence electrons. The van der Waals surface area contributed by atoms with E-state index >= 15 is 0 Å². The quantitative estimate of drug-likeness (QED) is 0.488. The van der Waals surface area contributed by atoms with Crippen molar-refractivity contribution in [1.29, 1.82) is 0 Å². The second-order valence-electron chi connectivity index (χ2n) is 7.04. The molecular formula is C22H25NO3S. The summed E-state index contributed by atoms with van der Waals surface area (Å²) in [5, 5.41) is 0.815. The molecule has 5 heteroatoms. The van der Waals surface area contributed by atoms with Crippen molar-refractivity contribution in [2.24, 2.45) is 0 Å². The van der Waals surface area contributed by atoms with E-state index in [2.05, 4.69) is 0 Å². The third-order valence-corrected chi connectivity index (χ3v) is 6.25. The van der Waals surface area contributed by atoms with Crippen LogP contribution < -0.4 is 15.0 Å². The third kappa shape index (κ3) is 4.35. The number of ether oxygens (including phenoxy) is 2. The second-order valence-corrected chi connectivity index (χ2v) is 8.05. The second kappa shape index (κ2) is 8.61. The van der Waals surface area contributed by atoms with E-state index < -0.39 is 0 Å². The van der Waals surface area contributed by atoms with Gasteiger partial charge in [-0.3, -0.25) is 8.75 Å². The van der Waals surface area contributed by atoms with Crippen LogP contribution in [-0.4, -0.2) is 17.2 Å². The molecule has 1 saturated carbocycles. The van der Waals surface area contributed by atoms with Gasteiger partial charge in [-0.1, -0.05) is 42.6 Å². The lowest BCUT2D eigenvalue weighted by Gasteiger charge is -2.07. The van der Waals surface area contributed by atoms with Crippen LogP contribution in [0.4, 0.5) is 0 Å². The van der Waals surface area contributed by atoms with Gasteiger partial charge < -0.3 is 9.47 Å². The first-order valence-corrected chi connectivity index (χ1v) is 10.5. The van der Waals surface area contributed by atoms with Crippen LogP contribution in [0.15, 0.2) is 53.3 Å². The van der Waals surface area contributed by atoms with Gasteiger partial charge in [0.15, 0.2) is 0 Å². The SMILES string of the molecule is O=c1c2ccc(OCCCCOc3ccccc3)cc2sn1C1CCCC1. The van der Waals surface area contributed by atoms with E-state index in [1.807, 2.05) is 52.5 Å². The molecule has 1 fully saturated rings. The fraction of sp³-hybridized carbons (Fsp3) is 0.409. The predicted octanol–water partition coefficient (Wildman–Crippen LogP) is 5.42.